The van der Waals surface area contributed by atoms with E-state index in [2.05, 4.69) is 24.5 Å². The first-order valence-electron chi connectivity index (χ1n) is 7.92. The van der Waals surface area contributed by atoms with E-state index in [0.29, 0.717) is 15.7 Å². The van der Waals surface area contributed by atoms with Gasteiger partial charge in [-0.3, -0.25) is 9.59 Å². The molecule has 0 saturated heterocycles. The molecule has 0 atom stereocenters. The Morgan fingerprint density at radius 3 is 2.36 bits per heavy atom. The molecule has 2 aromatic carbocycles. The lowest BCUT2D eigenvalue weighted by molar-refractivity contribution is -0.123. The summed E-state index contributed by atoms with van der Waals surface area (Å²) in [6.07, 6.45) is -0.301. The third kappa shape index (κ3) is 5.21. The number of para-hydroxylation sites is 1. The first kappa shape index (κ1) is 19.3. The Balaban J connectivity index is 2.04. The Hall–Kier alpha value is -2.04. The highest BCUT2D eigenvalue weighted by Crippen LogP contribution is 2.28. The fourth-order valence-electron chi connectivity index (χ4n) is 2.46. The summed E-state index contributed by atoms with van der Waals surface area (Å²) in [6.45, 7) is 6.04. The highest BCUT2D eigenvalue weighted by atomic mass is 35.5. The quantitative estimate of drug-likeness (QED) is 0.684. The molecule has 2 N–H and O–H groups in total. The zero-order valence-corrected chi connectivity index (χ0v) is 15.8. The number of amides is 2. The highest BCUT2D eigenvalue weighted by molar-refractivity contribution is 6.36. The van der Waals surface area contributed by atoms with Gasteiger partial charge in [-0.15, -0.1) is 0 Å². The summed E-state index contributed by atoms with van der Waals surface area (Å²) in [4.78, 5) is 24.3. The average Bonchev–Trinajstić information content (AvgIpc) is 2.51. The lowest BCUT2D eigenvalue weighted by Gasteiger charge is -2.16. The molecule has 0 fully saturated rings. The van der Waals surface area contributed by atoms with Gasteiger partial charge in [0.25, 0.3) is 0 Å². The molecule has 0 heterocycles. The largest absolute Gasteiger partial charge is 0.325 e. The Bertz CT molecular complexity index is 804. The van der Waals surface area contributed by atoms with Gasteiger partial charge in [0, 0.05) is 10.7 Å². The maximum absolute atomic E-state index is 12.3. The Kier molecular flexibility index (Phi) is 6.45. The van der Waals surface area contributed by atoms with Crippen molar-refractivity contribution in [2.24, 2.45) is 0 Å². The number of rotatable bonds is 5. The molecule has 132 valence electrons. The molecule has 2 amide bonds. The minimum absolute atomic E-state index is 0.261. The standard InChI is InChI=1S/C19H20Cl2N2O2/c1-11(2)14-6-4-5-12(3)19(14)23-18(25)10-17(24)22-16-8-7-13(20)9-15(16)21/h4-9,11H,10H2,1-3H3,(H,22,24)(H,23,25). The van der Waals surface area contributed by atoms with E-state index in [9.17, 15) is 9.59 Å². The van der Waals surface area contributed by atoms with Gasteiger partial charge in [0.15, 0.2) is 0 Å². The van der Waals surface area contributed by atoms with E-state index in [1.165, 1.54) is 6.07 Å². The fourth-order valence-corrected chi connectivity index (χ4v) is 2.91. The molecular weight excluding hydrogens is 359 g/mol. The topological polar surface area (TPSA) is 58.2 Å². The van der Waals surface area contributed by atoms with Crippen molar-refractivity contribution in [3.05, 3.63) is 57.6 Å². The van der Waals surface area contributed by atoms with E-state index >= 15 is 0 Å². The van der Waals surface area contributed by atoms with E-state index < -0.39 is 5.91 Å². The predicted octanol–water partition coefficient (Wildman–Crippen LogP) is 5.39. The summed E-state index contributed by atoms with van der Waals surface area (Å²) in [5.41, 5.74) is 3.18. The number of hydrogen-bond donors (Lipinski definition) is 2. The highest BCUT2D eigenvalue weighted by Gasteiger charge is 2.15. The van der Waals surface area contributed by atoms with Crippen LogP contribution < -0.4 is 10.6 Å². The average molecular weight is 379 g/mol. The van der Waals surface area contributed by atoms with Crippen LogP contribution in [-0.4, -0.2) is 11.8 Å². The lowest BCUT2D eigenvalue weighted by atomic mass is 9.98. The van der Waals surface area contributed by atoms with Crippen LogP contribution in [0.3, 0.4) is 0 Å². The molecule has 0 aliphatic carbocycles. The first-order valence-corrected chi connectivity index (χ1v) is 8.67. The van der Waals surface area contributed by atoms with Gasteiger partial charge < -0.3 is 10.6 Å². The van der Waals surface area contributed by atoms with Crippen molar-refractivity contribution in [2.45, 2.75) is 33.1 Å². The second-order valence-electron chi connectivity index (χ2n) is 6.09. The van der Waals surface area contributed by atoms with Gasteiger partial charge in [-0.2, -0.15) is 0 Å². The maximum atomic E-state index is 12.3. The van der Waals surface area contributed by atoms with Crippen molar-refractivity contribution < 1.29 is 9.59 Å². The summed E-state index contributed by atoms with van der Waals surface area (Å²) in [6, 6.07) is 10.6. The fraction of sp³-hybridized carbons (Fsp3) is 0.263. The van der Waals surface area contributed by atoms with Gasteiger partial charge in [0.2, 0.25) is 11.8 Å². The molecule has 6 heteroatoms. The van der Waals surface area contributed by atoms with Crippen LogP contribution in [0.25, 0.3) is 0 Å². The normalized spacial score (nSPS) is 10.6. The van der Waals surface area contributed by atoms with Gasteiger partial charge in [-0.25, -0.2) is 0 Å². The van der Waals surface area contributed by atoms with E-state index in [-0.39, 0.29) is 18.2 Å². The predicted molar refractivity (Wildman–Crippen MR) is 104 cm³/mol. The molecule has 0 aromatic heterocycles. The minimum Gasteiger partial charge on any atom is -0.325 e. The van der Waals surface area contributed by atoms with Crippen molar-refractivity contribution in [3.8, 4) is 0 Å². The zero-order valence-electron chi connectivity index (χ0n) is 14.3. The summed E-state index contributed by atoms with van der Waals surface area (Å²) < 4.78 is 0. The van der Waals surface area contributed by atoms with Crippen LogP contribution >= 0.6 is 23.2 Å². The van der Waals surface area contributed by atoms with Gasteiger partial charge in [0.05, 0.1) is 10.7 Å². The molecular formula is C19H20Cl2N2O2. The SMILES string of the molecule is Cc1cccc(C(C)C)c1NC(=O)CC(=O)Nc1ccc(Cl)cc1Cl. The van der Waals surface area contributed by atoms with Crippen LogP contribution in [0.2, 0.25) is 10.0 Å². The van der Waals surface area contributed by atoms with E-state index in [0.717, 1.165) is 16.8 Å². The van der Waals surface area contributed by atoms with Crippen LogP contribution in [0.1, 0.15) is 37.3 Å². The first-order chi connectivity index (χ1) is 11.8. The molecule has 0 radical (unpaired) electrons. The number of hydrogen-bond acceptors (Lipinski definition) is 2. The Morgan fingerprint density at radius 1 is 1.04 bits per heavy atom. The Labute approximate surface area is 157 Å². The van der Waals surface area contributed by atoms with Gasteiger partial charge in [0.1, 0.15) is 6.42 Å². The molecule has 0 unspecified atom stereocenters. The number of halogens is 2. The van der Waals surface area contributed by atoms with Crippen molar-refractivity contribution in [3.63, 3.8) is 0 Å². The molecule has 0 saturated carbocycles. The third-order valence-corrected chi connectivity index (χ3v) is 4.27. The number of anilines is 2. The molecule has 0 bridgehead atoms. The van der Waals surface area contributed by atoms with E-state index in [1.54, 1.807) is 12.1 Å². The van der Waals surface area contributed by atoms with Crippen molar-refractivity contribution in [1.82, 2.24) is 0 Å². The van der Waals surface area contributed by atoms with Crippen LogP contribution in [0.4, 0.5) is 11.4 Å². The molecule has 2 rings (SSSR count). The van der Waals surface area contributed by atoms with E-state index in [4.69, 9.17) is 23.2 Å². The second kappa shape index (κ2) is 8.37. The van der Waals surface area contributed by atoms with Crippen molar-refractivity contribution >= 4 is 46.4 Å². The van der Waals surface area contributed by atoms with Crippen LogP contribution in [0.15, 0.2) is 36.4 Å². The number of carbonyl (C=O) groups excluding carboxylic acids is 2. The van der Waals surface area contributed by atoms with Crippen molar-refractivity contribution in [2.75, 3.05) is 10.6 Å². The number of benzene rings is 2. The van der Waals surface area contributed by atoms with E-state index in [1.807, 2.05) is 25.1 Å². The molecule has 0 aliphatic rings. The number of carbonyl (C=O) groups is 2. The molecule has 2 aromatic rings. The second-order valence-corrected chi connectivity index (χ2v) is 6.93. The monoisotopic (exact) mass is 378 g/mol. The van der Waals surface area contributed by atoms with Gasteiger partial charge in [-0.1, -0.05) is 55.2 Å². The van der Waals surface area contributed by atoms with Crippen LogP contribution in [0, 0.1) is 6.92 Å². The van der Waals surface area contributed by atoms with Crippen molar-refractivity contribution in [1.29, 1.82) is 0 Å². The van der Waals surface area contributed by atoms with Gasteiger partial charge >= 0.3 is 0 Å². The summed E-state index contributed by atoms with van der Waals surface area (Å²) in [5.74, 6) is -0.558. The number of aryl methyl sites for hydroxylation is 1. The van der Waals surface area contributed by atoms with Crippen LogP contribution in [-0.2, 0) is 9.59 Å². The Morgan fingerprint density at radius 2 is 1.72 bits per heavy atom. The summed E-state index contributed by atoms with van der Waals surface area (Å²) in [7, 11) is 0. The smallest absolute Gasteiger partial charge is 0.233 e. The minimum atomic E-state index is -0.443. The third-order valence-electron chi connectivity index (χ3n) is 3.72. The molecule has 25 heavy (non-hydrogen) atoms. The summed E-state index contributed by atoms with van der Waals surface area (Å²) in [5, 5.41) is 6.26. The van der Waals surface area contributed by atoms with Gasteiger partial charge in [-0.05, 0) is 42.2 Å². The lowest BCUT2D eigenvalue weighted by Crippen LogP contribution is -2.22. The molecule has 4 nitrogen and oxygen atoms in total. The molecule has 0 aliphatic heterocycles. The maximum Gasteiger partial charge on any atom is 0.233 e. The summed E-state index contributed by atoms with van der Waals surface area (Å²) >= 11 is 11.8. The van der Waals surface area contributed by atoms with Crippen LogP contribution in [0.5, 0.6) is 0 Å². The zero-order chi connectivity index (χ0) is 18.6. The number of nitrogens with one attached hydrogen (secondary N) is 2. The molecule has 0 spiro atoms.